The Morgan fingerprint density at radius 3 is 1.86 bits per heavy atom. The number of halogens is 6. The van der Waals surface area contributed by atoms with E-state index in [4.69, 9.17) is 0 Å². The van der Waals surface area contributed by atoms with Gasteiger partial charge in [-0.15, -0.1) is 0 Å². The zero-order valence-corrected chi connectivity index (χ0v) is 7.12. The minimum Gasteiger partial charge on any atom is -0.489 e. The number of hydrogen-bond donors (Lipinski definition) is 0. The summed E-state index contributed by atoms with van der Waals surface area (Å²) in [5.74, 6) is -5.24. The van der Waals surface area contributed by atoms with Crippen LogP contribution in [0, 0.1) is 0 Å². The second kappa shape index (κ2) is 4.10. The zero-order valence-electron chi connectivity index (χ0n) is 7.12. The summed E-state index contributed by atoms with van der Waals surface area (Å²) in [6.45, 7) is 3.34. The summed E-state index contributed by atoms with van der Waals surface area (Å²) in [4.78, 5) is 0. The maximum atomic E-state index is 12.5. The summed E-state index contributed by atoms with van der Waals surface area (Å²) in [7, 11) is 0. The van der Waals surface area contributed by atoms with Gasteiger partial charge in [-0.1, -0.05) is 6.58 Å². The van der Waals surface area contributed by atoms with Crippen molar-refractivity contribution >= 4 is 0 Å². The van der Waals surface area contributed by atoms with Gasteiger partial charge in [-0.2, -0.15) is 22.0 Å². The third-order valence-electron chi connectivity index (χ3n) is 1.40. The maximum absolute atomic E-state index is 12.5. The average molecular weight is 222 g/mol. The Hall–Kier alpha value is -0.880. The van der Waals surface area contributed by atoms with E-state index in [-0.39, 0.29) is 0 Å². The Balaban J connectivity index is 4.89. The molecule has 7 heteroatoms. The van der Waals surface area contributed by atoms with E-state index in [9.17, 15) is 26.3 Å². The molecule has 0 radical (unpaired) electrons. The van der Waals surface area contributed by atoms with Crippen molar-refractivity contribution in [2.45, 2.75) is 31.3 Å². The fourth-order valence-electron chi connectivity index (χ4n) is 0.747. The van der Waals surface area contributed by atoms with E-state index in [2.05, 4.69) is 11.3 Å². The molecule has 84 valence electrons. The van der Waals surface area contributed by atoms with Gasteiger partial charge in [-0.25, -0.2) is 4.39 Å². The highest BCUT2D eigenvalue weighted by atomic mass is 19.4. The first-order chi connectivity index (χ1) is 6.14. The predicted molar refractivity (Wildman–Crippen MR) is 36.6 cm³/mol. The molecule has 0 aromatic rings. The maximum Gasteiger partial charge on any atom is 0.457 e. The summed E-state index contributed by atoms with van der Waals surface area (Å²) in [6.07, 6.45) is -10.9. The summed E-state index contributed by atoms with van der Waals surface area (Å²) in [5, 5.41) is 0. The highest BCUT2D eigenvalue weighted by Gasteiger charge is 2.65. The predicted octanol–water partition coefficient (Wildman–Crippen LogP) is 3.07. The van der Waals surface area contributed by atoms with Crippen LogP contribution in [0.15, 0.2) is 12.8 Å². The first-order valence-corrected chi connectivity index (χ1v) is 3.49. The SMILES string of the molecule is C=COC(C(C)F)C(F)(F)C(F)(F)F. The second-order valence-corrected chi connectivity index (χ2v) is 2.52. The fraction of sp³-hybridized carbons (Fsp3) is 0.714. The van der Waals surface area contributed by atoms with Crippen molar-refractivity contribution in [3.8, 4) is 0 Å². The molecule has 2 atom stereocenters. The minimum atomic E-state index is -5.85. The van der Waals surface area contributed by atoms with Crippen LogP contribution in [0.25, 0.3) is 0 Å². The molecule has 0 aliphatic rings. The van der Waals surface area contributed by atoms with Gasteiger partial charge < -0.3 is 4.74 Å². The van der Waals surface area contributed by atoms with Gasteiger partial charge in [0.05, 0.1) is 6.26 Å². The quantitative estimate of drug-likeness (QED) is 0.524. The molecular formula is C7H8F6O. The summed E-state index contributed by atoms with van der Waals surface area (Å²) in [6, 6.07) is 0. The molecule has 0 spiro atoms. The molecular weight excluding hydrogens is 214 g/mol. The molecule has 0 fully saturated rings. The Kier molecular flexibility index (Phi) is 3.84. The lowest BCUT2D eigenvalue weighted by atomic mass is 10.1. The van der Waals surface area contributed by atoms with Crippen molar-refractivity contribution in [3.63, 3.8) is 0 Å². The standard InChI is InChI=1S/C7H8F6O/c1-3-14-5(4(2)8)6(9,10)7(11,12)13/h3-5H,1H2,2H3. The molecule has 0 rings (SSSR count). The lowest BCUT2D eigenvalue weighted by Crippen LogP contribution is -2.51. The highest BCUT2D eigenvalue weighted by molar-refractivity contribution is 4.89. The van der Waals surface area contributed by atoms with Crippen molar-refractivity contribution in [2.24, 2.45) is 0 Å². The van der Waals surface area contributed by atoms with E-state index >= 15 is 0 Å². The van der Waals surface area contributed by atoms with Gasteiger partial charge in [0.25, 0.3) is 0 Å². The molecule has 0 aromatic carbocycles. The van der Waals surface area contributed by atoms with Gasteiger partial charge in [-0.05, 0) is 6.92 Å². The van der Waals surface area contributed by atoms with Crippen molar-refractivity contribution in [2.75, 3.05) is 0 Å². The van der Waals surface area contributed by atoms with Crippen LogP contribution in [0.4, 0.5) is 26.3 Å². The Bertz CT molecular complexity index is 197. The summed E-state index contributed by atoms with van der Waals surface area (Å²) in [5.41, 5.74) is 0. The van der Waals surface area contributed by atoms with Gasteiger partial charge in [0.1, 0.15) is 6.17 Å². The van der Waals surface area contributed by atoms with Crippen LogP contribution in [0.1, 0.15) is 6.92 Å². The van der Waals surface area contributed by atoms with Crippen LogP contribution in [-0.2, 0) is 4.74 Å². The molecule has 0 saturated heterocycles. The van der Waals surface area contributed by atoms with Crippen molar-refractivity contribution in [1.82, 2.24) is 0 Å². The summed E-state index contributed by atoms with van der Waals surface area (Å²) < 4.78 is 76.4. The second-order valence-electron chi connectivity index (χ2n) is 2.52. The molecule has 0 saturated carbocycles. The molecule has 0 aromatic heterocycles. The van der Waals surface area contributed by atoms with E-state index in [1.165, 1.54) is 0 Å². The van der Waals surface area contributed by atoms with Gasteiger partial charge in [0.2, 0.25) is 6.10 Å². The molecule has 0 aliphatic heterocycles. The number of ether oxygens (including phenoxy) is 1. The Morgan fingerprint density at radius 1 is 1.21 bits per heavy atom. The topological polar surface area (TPSA) is 9.23 Å². The van der Waals surface area contributed by atoms with E-state index in [1.54, 1.807) is 0 Å². The van der Waals surface area contributed by atoms with Crippen LogP contribution < -0.4 is 0 Å². The van der Waals surface area contributed by atoms with E-state index in [0.29, 0.717) is 13.2 Å². The molecule has 0 bridgehead atoms. The van der Waals surface area contributed by atoms with Crippen LogP contribution in [0.3, 0.4) is 0 Å². The monoisotopic (exact) mass is 222 g/mol. The third-order valence-corrected chi connectivity index (χ3v) is 1.40. The van der Waals surface area contributed by atoms with Crippen LogP contribution in [-0.4, -0.2) is 24.4 Å². The van der Waals surface area contributed by atoms with Crippen LogP contribution in [0.5, 0.6) is 0 Å². The minimum absolute atomic E-state index is 0.348. The van der Waals surface area contributed by atoms with Gasteiger partial charge in [-0.3, -0.25) is 0 Å². The lowest BCUT2D eigenvalue weighted by molar-refractivity contribution is -0.319. The molecule has 0 aliphatic carbocycles. The van der Waals surface area contributed by atoms with E-state index in [1.807, 2.05) is 0 Å². The van der Waals surface area contributed by atoms with Crippen molar-refractivity contribution in [1.29, 1.82) is 0 Å². The summed E-state index contributed by atoms with van der Waals surface area (Å²) >= 11 is 0. The van der Waals surface area contributed by atoms with Crippen LogP contribution in [0.2, 0.25) is 0 Å². The zero-order chi connectivity index (χ0) is 11.6. The smallest absolute Gasteiger partial charge is 0.457 e. The number of hydrogen-bond acceptors (Lipinski definition) is 1. The molecule has 0 heterocycles. The third kappa shape index (κ3) is 2.55. The first-order valence-electron chi connectivity index (χ1n) is 3.49. The molecule has 0 N–H and O–H groups in total. The van der Waals surface area contributed by atoms with Gasteiger partial charge in [0, 0.05) is 0 Å². The normalized spacial score (nSPS) is 17.4. The number of alkyl halides is 6. The fourth-order valence-corrected chi connectivity index (χ4v) is 0.747. The van der Waals surface area contributed by atoms with Crippen molar-refractivity contribution < 1.29 is 31.1 Å². The van der Waals surface area contributed by atoms with Gasteiger partial charge in [0.15, 0.2) is 0 Å². The first kappa shape index (κ1) is 13.1. The number of rotatable bonds is 4. The highest BCUT2D eigenvalue weighted by Crippen LogP contribution is 2.40. The van der Waals surface area contributed by atoms with Gasteiger partial charge >= 0.3 is 12.1 Å². The van der Waals surface area contributed by atoms with E-state index in [0.717, 1.165) is 0 Å². The van der Waals surface area contributed by atoms with Crippen LogP contribution >= 0.6 is 0 Å². The van der Waals surface area contributed by atoms with E-state index < -0.39 is 24.4 Å². The molecule has 1 nitrogen and oxygen atoms in total. The lowest BCUT2D eigenvalue weighted by Gasteiger charge is -2.28. The molecule has 14 heavy (non-hydrogen) atoms. The molecule has 0 amide bonds. The largest absolute Gasteiger partial charge is 0.489 e. The molecule has 2 unspecified atom stereocenters. The Labute approximate surface area is 76.3 Å². The Morgan fingerprint density at radius 2 is 1.64 bits per heavy atom. The average Bonchev–Trinajstić information content (AvgIpc) is 1.96. The van der Waals surface area contributed by atoms with Crippen molar-refractivity contribution in [3.05, 3.63) is 12.8 Å².